The van der Waals surface area contributed by atoms with Gasteiger partial charge in [0.25, 0.3) is 0 Å². The van der Waals surface area contributed by atoms with Gasteiger partial charge >= 0.3 is 0 Å². The van der Waals surface area contributed by atoms with Gasteiger partial charge in [-0.05, 0) is 49.4 Å². The van der Waals surface area contributed by atoms with Gasteiger partial charge in [0.1, 0.15) is 0 Å². The van der Waals surface area contributed by atoms with Crippen LogP contribution in [0, 0.1) is 11.8 Å². The number of ether oxygens (including phenoxy) is 1. The summed E-state index contributed by atoms with van der Waals surface area (Å²) in [6.45, 7) is 5.77. The van der Waals surface area contributed by atoms with Crippen molar-refractivity contribution >= 4 is 23.2 Å². The number of carbonyl (C=O) groups excluding carboxylic acids is 2. The van der Waals surface area contributed by atoms with Gasteiger partial charge in [0.2, 0.25) is 11.8 Å². The van der Waals surface area contributed by atoms with Crippen molar-refractivity contribution in [2.24, 2.45) is 11.8 Å². The summed E-state index contributed by atoms with van der Waals surface area (Å²) in [5.41, 5.74) is 2.88. The first-order valence-electron chi connectivity index (χ1n) is 10.4. The fraction of sp³-hybridized carbons (Fsp3) is 0.636. The lowest BCUT2D eigenvalue weighted by molar-refractivity contribution is -0.136. The number of rotatable bonds is 8. The van der Waals surface area contributed by atoms with Gasteiger partial charge in [-0.25, -0.2) is 0 Å². The maximum Gasteiger partial charge on any atom is 0.227 e. The predicted molar refractivity (Wildman–Crippen MR) is 111 cm³/mol. The summed E-state index contributed by atoms with van der Waals surface area (Å²) in [5.74, 6) is 0.322. The standard InChI is InChI=1S/C22H33N3O3/c1-15(2)22(27)25(14-19-6-5-11-28-19)13-17-12-18(9-10-20(17)24(3)4)23-21(26)16-7-8-16/h9-10,12,15-16,19H,5-8,11,13-14H2,1-4H3,(H,23,26)/t19-/m1/s1. The van der Waals surface area contributed by atoms with E-state index in [1.165, 1.54) is 0 Å². The first-order chi connectivity index (χ1) is 13.3. The number of benzene rings is 1. The van der Waals surface area contributed by atoms with E-state index in [-0.39, 0.29) is 29.8 Å². The average molecular weight is 388 g/mol. The lowest BCUT2D eigenvalue weighted by Crippen LogP contribution is -2.39. The van der Waals surface area contributed by atoms with Crippen LogP contribution in [0.3, 0.4) is 0 Å². The van der Waals surface area contributed by atoms with Crippen LogP contribution in [0.1, 0.15) is 45.1 Å². The van der Waals surface area contributed by atoms with Gasteiger partial charge in [-0.1, -0.05) is 13.8 Å². The third-order valence-electron chi connectivity index (χ3n) is 5.39. The molecule has 154 valence electrons. The molecular weight excluding hydrogens is 354 g/mol. The van der Waals surface area contributed by atoms with Crippen molar-refractivity contribution in [3.05, 3.63) is 23.8 Å². The van der Waals surface area contributed by atoms with Crippen LogP contribution in [0.4, 0.5) is 11.4 Å². The summed E-state index contributed by atoms with van der Waals surface area (Å²) in [7, 11) is 3.99. The molecule has 0 unspecified atom stereocenters. The van der Waals surface area contributed by atoms with Crippen molar-refractivity contribution in [3.63, 3.8) is 0 Å². The minimum Gasteiger partial charge on any atom is -0.377 e. The van der Waals surface area contributed by atoms with E-state index in [0.29, 0.717) is 13.1 Å². The van der Waals surface area contributed by atoms with Crippen LogP contribution in [0.15, 0.2) is 18.2 Å². The van der Waals surface area contributed by atoms with Crippen molar-refractivity contribution in [3.8, 4) is 0 Å². The van der Waals surface area contributed by atoms with Crippen molar-refractivity contribution in [1.82, 2.24) is 4.90 Å². The van der Waals surface area contributed by atoms with Crippen LogP contribution < -0.4 is 10.2 Å². The molecule has 1 aliphatic heterocycles. The number of anilines is 2. The van der Waals surface area contributed by atoms with E-state index in [2.05, 4.69) is 5.32 Å². The van der Waals surface area contributed by atoms with E-state index >= 15 is 0 Å². The second-order valence-corrected chi connectivity index (χ2v) is 8.51. The van der Waals surface area contributed by atoms with E-state index in [9.17, 15) is 9.59 Å². The number of nitrogens with zero attached hydrogens (tertiary/aromatic N) is 2. The molecule has 1 saturated carbocycles. The summed E-state index contributed by atoms with van der Waals surface area (Å²) in [6.07, 6.45) is 4.13. The molecule has 0 bridgehead atoms. The van der Waals surface area contributed by atoms with Gasteiger partial charge in [-0.3, -0.25) is 9.59 Å². The highest BCUT2D eigenvalue weighted by atomic mass is 16.5. The zero-order valence-electron chi connectivity index (χ0n) is 17.5. The molecular formula is C22H33N3O3. The Bertz CT molecular complexity index is 707. The largest absolute Gasteiger partial charge is 0.377 e. The Kier molecular flexibility index (Phi) is 6.60. The second-order valence-electron chi connectivity index (χ2n) is 8.51. The first kappa shape index (κ1) is 20.6. The smallest absolute Gasteiger partial charge is 0.227 e. The van der Waals surface area contributed by atoms with E-state index in [1.54, 1.807) is 0 Å². The predicted octanol–water partition coefficient (Wildman–Crippen LogP) is 3.26. The van der Waals surface area contributed by atoms with Gasteiger partial charge in [0, 0.05) is 57.0 Å². The molecule has 1 aromatic rings. The Labute approximate surface area is 168 Å². The topological polar surface area (TPSA) is 61.9 Å². The van der Waals surface area contributed by atoms with Gasteiger partial charge in [0.15, 0.2) is 0 Å². The van der Waals surface area contributed by atoms with Crippen molar-refractivity contribution < 1.29 is 14.3 Å². The molecule has 6 heteroatoms. The van der Waals surface area contributed by atoms with E-state index in [4.69, 9.17) is 4.74 Å². The highest BCUT2D eigenvalue weighted by molar-refractivity contribution is 5.94. The summed E-state index contributed by atoms with van der Waals surface area (Å²) in [4.78, 5) is 29.0. The van der Waals surface area contributed by atoms with Crippen molar-refractivity contribution in [2.45, 2.75) is 52.2 Å². The fourth-order valence-electron chi connectivity index (χ4n) is 3.65. The molecule has 2 fully saturated rings. The average Bonchev–Trinajstić information content (AvgIpc) is 3.38. The lowest BCUT2D eigenvalue weighted by Gasteiger charge is -2.29. The normalized spacial score (nSPS) is 19.0. The number of nitrogens with one attached hydrogen (secondary N) is 1. The quantitative estimate of drug-likeness (QED) is 0.744. The van der Waals surface area contributed by atoms with Crippen LogP contribution in [-0.2, 0) is 20.9 Å². The number of hydrogen-bond acceptors (Lipinski definition) is 4. The lowest BCUT2D eigenvalue weighted by atomic mass is 10.1. The Balaban J connectivity index is 1.81. The molecule has 1 aromatic carbocycles. The summed E-state index contributed by atoms with van der Waals surface area (Å²) >= 11 is 0. The Morgan fingerprint density at radius 1 is 1.21 bits per heavy atom. The van der Waals surface area contributed by atoms with E-state index in [1.807, 2.05) is 55.9 Å². The molecule has 1 heterocycles. The molecule has 3 rings (SSSR count). The first-order valence-corrected chi connectivity index (χ1v) is 10.4. The Morgan fingerprint density at radius 2 is 1.96 bits per heavy atom. The highest BCUT2D eigenvalue weighted by Crippen LogP contribution is 2.31. The monoisotopic (exact) mass is 387 g/mol. The minimum atomic E-state index is -0.0676. The van der Waals surface area contributed by atoms with Crippen molar-refractivity contribution in [1.29, 1.82) is 0 Å². The molecule has 0 radical (unpaired) electrons. The van der Waals surface area contributed by atoms with Crippen molar-refractivity contribution in [2.75, 3.05) is 37.5 Å². The molecule has 1 N–H and O–H groups in total. The number of hydrogen-bond donors (Lipinski definition) is 1. The maximum atomic E-state index is 12.9. The molecule has 1 aliphatic carbocycles. The molecule has 2 aliphatic rings. The molecule has 0 aromatic heterocycles. The van der Waals surface area contributed by atoms with Gasteiger partial charge < -0.3 is 19.9 Å². The molecule has 1 atom stereocenters. The van der Waals surface area contributed by atoms with E-state index in [0.717, 1.165) is 49.2 Å². The van der Waals surface area contributed by atoms with Gasteiger partial charge in [-0.15, -0.1) is 0 Å². The number of amides is 2. The zero-order chi connectivity index (χ0) is 20.3. The van der Waals surface area contributed by atoms with Crippen LogP contribution >= 0.6 is 0 Å². The molecule has 0 spiro atoms. The summed E-state index contributed by atoms with van der Waals surface area (Å²) in [6, 6.07) is 5.96. The Hall–Kier alpha value is -2.08. The van der Waals surface area contributed by atoms with Crippen LogP contribution in [-0.4, -0.2) is 50.1 Å². The van der Waals surface area contributed by atoms with Gasteiger partial charge in [0.05, 0.1) is 6.10 Å². The molecule has 6 nitrogen and oxygen atoms in total. The van der Waals surface area contributed by atoms with Gasteiger partial charge in [-0.2, -0.15) is 0 Å². The number of carbonyl (C=O) groups is 2. The summed E-state index contributed by atoms with van der Waals surface area (Å²) < 4.78 is 5.78. The van der Waals surface area contributed by atoms with Crippen LogP contribution in [0.2, 0.25) is 0 Å². The SMILES string of the molecule is CC(C)C(=O)N(Cc1cc(NC(=O)C2CC2)ccc1N(C)C)C[C@H]1CCCO1. The third kappa shape index (κ3) is 5.25. The second kappa shape index (κ2) is 8.95. The van der Waals surface area contributed by atoms with E-state index < -0.39 is 0 Å². The maximum absolute atomic E-state index is 12.9. The van der Waals surface area contributed by atoms with Crippen LogP contribution in [0.5, 0.6) is 0 Å². The molecule has 1 saturated heterocycles. The van der Waals surface area contributed by atoms with Crippen LogP contribution in [0.25, 0.3) is 0 Å². The minimum absolute atomic E-state index is 0.0676. The third-order valence-corrected chi connectivity index (χ3v) is 5.39. The molecule has 28 heavy (non-hydrogen) atoms. The highest BCUT2D eigenvalue weighted by Gasteiger charge is 2.30. The zero-order valence-corrected chi connectivity index (χ0v) is 17.5. The summed E-state index contributed by atoms with van der Waals surface area (Å²) in [5, 5.41) is 3.02. The fourth-order valence-corrected chi connectivity index (χ4v) is 3.65. The molecule has 2 amide bonds. The Morgan fingerprint density at radius 3 is 2.54 bits per heavy atom.